The van der Waals surface area contributed by atoms with Crippen LogP contribution in [0.25, 0.3) is 5.76 Å². The third kappa shape index (κ3) is 5.16. The SMILES string of the molecule is CCOc1ccc(C2/C(=C(\O)c3cc(Cl)c(OC)c(Cl)c3OC)C(=O)C(=O)N2c2ccc(C(C)C)cc2)cc1. The molecule has 7 nitrogen and oxygen atoms in total. The lowest BCUT2D eigenvalue weighted by molar-refractivity contribution is -0.132. The summed E-state index contributed by atoms with van der Waals surface area (Å²) in [5, 5.41) is 11.7. The van der Waals surface area contributed by atoms with Crippen LogP contribution >= 0.6 is 23.2 Å². The highest BCUT2D eigenvalue weighted by molar-refractivity contribution is 6.52. The lowest BCUT2D eigenvalue weighted by Gasteiger charge is -2.26. The molecule has 0 aliphatic carbocycles. The van der Waals surface area contributed by atoms with Gasteiger partial charge in [0.2, 0.25) is 0 Å². The molecule has 1 heterocycles. The summed E-state index contributed by atoms with van der Waals surface area (Å²) in [4.78, 5) is 28.5. The Balaban J connectivity index is 1.96. The van der Waals surface area contributed by atoms with Crippen molar-refractivity contribution in [3.8, 4) is 17.2 Å². The number of amides is 1. The monoisotopic (exact) mass is 569 g/mol. The number of hydrogen-bond acceptors (Lipinski definition) is 6. The fourth-order valence-corrected chi connectivity index (χ4v) is 5.33. The van der Waals surface area contributed by atoms with Gasteiger partial charge in [0.15, 0.2) is 11.5 Å². The Morgan fingerprint density at radius 2 is 1.59 bits per heavy atom. The lowest BCUT2D eigenvalue weighted by atomic mass is 9.94. The molecular weight excluding hydrogens is 541 g/mol. The van der Waals surface area contributed by atoms with Crippen LogP contribution in [0.15, 0.2) is 60.2 Å². The second kappa shape index (κ2) is 11.6. The summed E-state index contributed by atoms with van der Waals surface area (Å²) >= 11 is 12.8. The van der Waals surface area contributed by atoms with Crippen molar-refractivity contribution in [3.05, 3.63) is 86.9 Å². The van der Waals surface area contributed by atoms with E-state index in [0.29, 0.717) is 23.6 Å². The van der Waals surface area contributed by atoms with Crippen molar-refractivity contribution >= 4 is 46.3 Å². The van der Waals surface area contributed by atoms with Crippen molar-refractivity contribution in [2.75, 3.05) is 25.7 Å². The number of nitrogens with zero attached hydrogens (tertiary/aromatic N) is 1. The summed E-state index contributed by atoms with van der Waals surface area (Å²) in [6, 6.07) is 14.9. The number of methoxy groups -OCH3 is 2. The second-order valence-electron chi connectivity index (χ2n) is 9.20. The number of carbonyl (C=O) groups is 2. The van der Waals surface area contributed by atoms with E-state index in [1.807, 2.05) is 19.1 Å². The van der Waals surface area contributed by atoms with E-state index >= 15 is 0 Å². The van der Waals surface area contributed by atoms with Gasteiger partial charge >= 0.3 is 0 Å². The molecule has 3 aromatic carbocycles. The van der Waals surface area contributed by atoms with Crippen molar-refractivity contribution in [1.29, 1.82) is 0 Å². The van der Waals surface area contributed by atoms with Gasteiger partial charge < -0.3 is 19.3 Å². The molecule has 1 saturated heterocycles. The maximum Gasteiger partial charge on any atom is 0.300 e. The van der Waals surface area contributed by atoms with E-state index < -0.39 is 23.5 Å². The Labute approximate surface area is 237 Å². The third-order valence-corrected chi connectivity index (χ3v) is 7.21. The van der Waals surface area contributed by atoms with Gasteiger partial charge in [-0.15, -0.1) is 0 Å². The molecule has 1 N–H and O–H groups in total. The molecule has 1 aliphatic heterocycles. The maximum absolute atomic E-state index is 13.6. The maximum atomic E-state index is 13.6. The zero-order valence-electron chi connectivity index (χ0n) is 22.2. The summed E-state index contributed by atoms with van der Waals surface area (Å²) in [6.45, 7) is 6.50. The van der Waals surface area contributed by atoms with E-state index in [2.05, 4.69) is 13.8 Å². The van der Waals surface area contributed by atoms with Crippen molar-refractivity contribution < 1.29 is 28.9 Å². The molecule has 1 aliphatic rings. The van der Waals surface area contributed by atoms with Gasteiger partial charge in [-0.3, -0.25) is 14.5 Å². The normalized spacial score (nSPS) is 16.6. The summed E-state index contributed by atoms with van der Waals surface area (Å²) < 4.78 is 16.3. The van der Waals surface area contributed by atoms with Crippen molar-refractivity contribution in [3.63, 3.8) is 0 Å². The molecule has 3 aromatic rings. The van der Waals surface area contributed by atoms with E-state index in [4.69, 9.17) is 37.4 Å². The molecule has 9 heteroatoms. The molecule has 4 rings (SSSR count). The van der Waals surface area contributed by atoms with Crippen LogP contribution in [-0.2, 0) is 9.59 Å². The minimum atomic E-state index is -0.949. The smallest absolute Gasteiger partial charge is 0.300 e. The van der Waals surface area contributed by atoms with Crippen LogP contribution in [-0.4, -0.2) is 37.6 Å². The van der Waals surface area contributed by atoms with Crippen LogP contribution < -0.4 is 19.1 Å². The predicted molar refractivity (Wildman–Crippen MR) is 152 cm³/mol. The van der Waals surface area contributed by atoms with Crippen LogP contribution in [0.4, 0.5) is 5.69 Å². The molecule has 1 unspecified atom stereocenters. The van der Waals surface area contributed by atoms with Crippen molar-refractivity contribution in [1.82, 2.24) is 0 Å². The van der Waals surface area contributed by atoms with Gasteiger partial charge in [0.25, 0.3) is 11.7 Å². The number of Topliss-reactive ketones (excluding diaryl/α,β-unsaturated/α-hetero) is 1. The number of rotatable bonds is 8. The fraction of sp³-hybridized carbons (Fsp3) is 0.267. The van der Waals surface area contributed by atoms with Gasteiger partial charge in [-0.2, -0.15) is 0 Å². The van der Waals surface area contributed by atoms with Gasteiger partial charge in [-0.25, -0.2) is 0 Å². The topological polar surface area (TPSA) is 85.3 Å². The molecule has 0 spiro atoms. The molecule has 0 bridgehead atoms. The predicted octanol–water partition coefficient (Wildman–Crippen LogP) is 7.16. The van der Waals surface area contributed by atoms with Gasteiger partial charge in [-0.05, 0) is 54.3 Å². The Morgan fingerprint density at radius 1 is 0.974 bits per heavy atom. The number of ketones is 1. The van der Waals surface area contributed by atoms with E-state index in [9.17, 15) is 14.7 Å². The standard InChI is InChI=1S/C30H29Cl2NO6/c1-6-39-20-13-9-18(10-14-20)25-23(26(34)21-15-22(31)29(38-5)24(32)28(21)37-4)27(35)30(36)33(25)19-11-7-17(8-12-19)16(2)3/h7-16,25,34H,6H2,1-5H3/b26-23+. The average Bonchev–Trinajstić information content (AvgIpc) is 3.19. The van der Waals surface area contributed by atoms with Gasteiger partial charge in [-0.1, -0.05) is 61.3 Å². The molecular formula is C30H29Cl2NO6. The van der Waals surface area contributed by atoms with Gasteiger partial charge in [0.1, 0.15) is 16.5 Å². The zero-order chi connectivity index (χ0) is 28.4. The first-order valence-electron chi connectivity index (χ1n) is 12.4. The molecule has 0 radical (unpaired) electrons. The molecule has 1 atom stereocenters. The van der Waals surface area contributed by atoms with Gasteiger partial charge in [0.05, 0.1) is 43.0 Å². The van der Waals surface area contributed by atoms with Gasteiger partial charge in [0, 0.05) is 5.69 Å². The lowest BCUT2D eigenvalue weighted by Crippen LogP contribution is -2.29. The highest BCUT2D eigenvalue weighted by Gasteiger charge is 2.47. The molecule has 0 aromatic heterocycles. The summed E-state index contributed by atoms with van der Waals surface area (Å²) in [7, 11) is 2.76. The van der Waals surface area contributed by atoms with Crippen LogP contribution in [0.3, 0.4) is 0 Å². The number of halogens is 2. The van der Waals surface area contributed by atoms with Crippen LogP contribution in [0, 0.1) is 0 Å². The quantitative estimate of drug-likeness (QED) is 0.176. The van der Waals surface area contributed by atoms with E-state index in [1.54, 1.807) is 36.4 Å². The number of hydrogen-bond donors (Lipinski definition) is 1. The molecule has 1 fully saturated rings. The Morgan fingerprint density at radius 3 is 2.13 bits per heavy atom. The number of carbonyl (C=O) groups excluding carboxylic acids is 2. The Hall–Kier alpha value is -3.68. The second-order valence-corrected chi connectivity index (χ2v) is 9.99. The minimum Gasteiger partial charge on any atom is -0.507 e. The number of aliphatic hydroxyl groups is 1. The Kier molecular flexibility index (Phi) is 8.42. The van der Waals surface area contributed by atoms with Crippen LogP contribution in [0.2, 0.25) is 10.0 Å². The van der Waals surface area contributed by atoms with Crippen molar-refractivity contribution in [2.45, 2.75) is 32.7 Å². The summed E-state index contributed by atoms with van der Waals surface area (Å²) in [5.41, 5.74) is 2.11. The highest BCUT2D eigenvalue weighted by atomic mass is 35.5. The van der Waals surface area contributed by atoms with Crippen LogP contribution in [0.5, 0.6) is 17.2 Å². The third-order valence-electron chi connectivity index (χ3n) is 6.58. The molecule has 1 amide bonds. The number of benzene rings is 3. The van der Waals surface area contributed by atoms with E-state index in [-0.39, 0.29) is 38.6 Å². The zero-order valence-corrected chi connectivity index (χ0v) is 23.8. The minimum absolute atomic E-state index is 0.0187. The van der Waals surface area contributed by atoms with Crippen molar-refractivity contribution in [2.24, 2.45) is 0 Å². The first-order valence-corrected chi connectivity index (χ1v) is 13.1. The molecule has 204 valence electrons. The van der Waals surface area contributed by atoms with E-state index in [0.717, 1.165) is 5.56 Å². The first-order chi connectivity index (χ1) is 18.6. The van der Waals surface area contributed by atoms with Crippen LogP contribution in [0.1, 0.15) is 49.4 Å². The largest absolute Gasteiger partial charge is 0.507 e. The molecule has 39 heavy (non-hydrogen) atoms. The van der Waals surface area contributed by atoms with E-state index in [1.165, 1.54) is 25.2 Å². The number of aliphatic hydroxyl groups excluding tert-OH is 1. The fourth-order valence-electron chi connectivity index (χ4n) is 4.64. The number of ether oxygens (including phenoxy) is 3. The molecule has 0 saturated carbocycles. The number of anilines is 1. The summed E-state index contributed by atoms with van der Waals surface area (Å²) in [5.74, 6) is -0.990. The average molecular weight is 570 g/mol. The highest BCUT2D eigenvalue weighted by Crippen LogP contribution is 2.48. The Bertz CT molecular complexity index is 1430. The summed E-state index contributed by atoms with van der Waals surface area (Å²) in [6.07, 6.45) is 0. The first kappa shape index (κ1) is 28.3.